The summed E-state index contributed by atoms with van der Waals surface area (Å²) in [6.45, 7) is 7.02. The summed E-state index contributed by atoms with van der Waals surface area (Å²) >= 11 is 1.00. The summed E-state index contributed by atoms with van der Waals surface area (Å²) in [5, 5.41) is 15.5. The highest BCUT2D eigenvalue weighted by Crippen LogP contribution is 2.26. The number of nitrogens with two attached hydrogens (primary N) is 1. The number of amides is 3. The van der Waals surface area contributed by atoms with Gasteiger partial charge in [0, 0.05) is 16.8 Å². The van der Waals surface area contributed by atoms with Gasteiger partial charge in [-0.1, -0.05) is 29.5 Å². The van der Waals surface area contributed by atoms with Crippen LogP contribution in [0.3, 0.4) is 0 Å². The third kappa shape index (κ3) is 5.25. The molecule has 0 atom stereocenters. The first kappa shape index (κ1) is 23.6. The minimum absolute atomic E-state index is 0.113. The number of anilines is 2. The van der Waals surface area contributed by atoms with E-state index in [-0.39, 0.29) is 10.9 Å². The number of benzene rings is 2. The van der Waals surface area contributed by atoms with Gasteiger partial charge in [-0.3, -0.25) is 14.4 Å². The lowest BCUT2D eigenvalue weighted by molar-refractivity contribution is 0.0996. The molecule has 8 nitrogen and oxygen atoms in total. The first-order valence-electron chi connectivity index (χ1n) is 10.0. The average molecular weight is 462 g/mol. The van der Waals surface area contributed by atoms with E-state index in [9.17, 15) is 19.6 Å². The quantitative estimate of drug-likeness (QED) is 0.506. The third-order valence-electron chi connectivity index (χ3n) is 5.10. The SMILES string of the molecule is Cc1ccc(NC(=O)c2cccc(C(C)(C)C#N)c2)cc1C(=O)Nc1sc(C(N)=O)nc1C. The topological polar surface area (TPSA) is 138 Å². The van der Waals surface area contributed by atoms with E-state index in [4.69, 9.17) is 5.73 Å². The summed E-state index contributed by atoms with van der Waals surface area (Å²) in [5.74, 6) is -1.42. The number of nitriles is 1. The molecule has 2 aromatic carbocycles. The maximum atomic E-state index is 12.9. The van der Waals surface area contributed by atoms with Crippen molar-refractivity contribution in [2.24, 2.45) is 5.73 Å². The van der Waals surface area contributed by atoms with E-state index >= 15 is 0 Å². The Labute approximate surface area is 195 Å². The fourth-order valence-corrected chi connectivity index (χ4v) is 3.86. The predicted molar refractivity (Wildman–Crippen MR) is 128 cm³/mol. The highest BCUT2D eigenvalue weighted by Gasteiger charge is 2.21. The summed E-state index contributed by atoms with van der Waals surface area (Å²) in [7, 11) is 0. The summed E-state index contributed by atoms with van der Waals surface area (Å²) in [6, 6.07) is 14.1. The zero-order valence-corrected chi connectivity index (χ0v) is 19.5. The van der Waals surface area contributed by atoms with Crippen molar-refractivity contribution >= 4 is 39.7 Å². The van der Waals surface area contributed by atoms with Crippen LogP contribution in [0.15, 0.2) is 42.5 Å². The maximum Gasteiger partial charge on any atom is 0.277 e. The lowest BCUT2D eigenvalue weighted by Gasteiger charge is -2.16. The number of carbonyl (C=O) groups is 3. The molecule has 33 heavy (non-hydrogen) atoms. The van der Waals surface area contributed by atoms with Gasteiger partial charge in [0.05, 0.1) is 17.2 Å². The molecule has 0 aliphatic rings. The second kappa shape index (κ2) is 9.22. The van der Waals surface area contributed by atoms with E-state index in [1.807, 2.05) is 0 Å². The monoisotopic (exact) mass is 461 g/mol. The molecular formula is C24H23N5O3S. The number of nitrogens with zero attached hydrogens (tertiary/aromatic N) is 2. The van der Waals surface area contributed by atoms with Crippen LogP contribution < -0.4 is 16.4 Å². The first-order valence-corrected chi connectivity index (χ1v) is 10.9. The second-order valence-corrected chi connectivity index (χ2v) is 9.05. The summed E-state index contributed by atoms with van der Waals surface area (Å²) in [5.41, 5.74) is 7.67. The summed E-state index contributed by atoms with van der Waals surface area (Å²) in [6.07, 6.45) is 0. The van der Waals surface area contributed by atoms with Gasteiger partial charge in [0.2, 0.25) is 0 Å². The lowest BCUT2D eigenvalue weighted by Crippen LogP contribution is -2.18. The van der Waals surface area contributed by atoms with Gasteiger partial charge >= 0.3 is 0 Å². The van der Waals surface area contributed by atoms with E-state index in [1.165, 1.54) is 0 Å². The number of thiazole rings is 1. The molecule has 3 aromatic rings. The Morgan fingerprint density at radius 2 is 1.79 bits per heavy atom. The summed E-state index contributed by atoms with van der Waals surface area (Å²) < 4.78 is 0. The average Bonchev–Trinajstić information content (AvgIpc) is 3.15. The number of aromatic nitrogens is 1. The van der Waals surface area contributed by atoms with Gasteiger partial charge in [-0.05, 0) is 63.1 Å². The number of primary amides is 1. The van der Waals surface area contributed by atoms with Gasteiger partial charge < -0.3 is 16.4 Å². The fraction of sp³-hybridized carbons (Fsp3) is 0.208. The molecule has 0 radical (unpaired) electrons. The summed E-state index contributed by atoms with van der Waals surface area (Å²) in [4.78, 5) is 41.1. The Morgan fingerprint density at radius 1 is 1.06 bits per heavy atom. The van der Waals surface area contributed by atoms with E-state index in [0.29, 0.717) is 33.1 Å². The van der Waals surface area contributed by atoms with Crippen LogP contribution in [-0.4, -0.2) is 22.7 Å². The molecule has 0 bridgehead atoms. The second-order valence-electron chi connectivity index (χ2n) is 8.05. The Kier molecular flexibility index (Phi) is 6.60. The van der Waals surface area contributed by atoms with E-state index in [0.717, 1.165) is 16.9 Å². The highest BCUT2D eigenvalue weighted by atomic mass is 32.1. The third-order valence-corrected chi connectivity index (χ3v) is 6.19. The molecule has 0 aliphatic carbocycles. The van der Waals surface area contributed by atoms with Crippen LogP contribution in [0.2, 0.25) is 0 Å². The highest BCUT2D eigenvalue weighted by molar-refractivity contribution is 7.17. The van der Waals surface area contributed by atoms with Crippen LogP contribution in [0.5, 0.6) is 0 Å². The number of rotatable bonds is 6. The number of hydrogen-bond donors (Lipinski definition) is 3. The van der Waals surface area contributed by atoms with Crippen molar-refractivity contribution < 1.29 is 14.4 Å². The molecule has 0 spiro atoms. The van der Waals surface area contributed by atoms with Crippen molar-refractivity contribution in [2.75, 3.05) is 10.6 Å². The van der Waals surface area contributed by atoms with Crippen LogP contribution in [-0.2, 0) is 5.41 Å². The largest absolute Gasteiger partial charge is 0.364 e. The number of aryl methyl sites for hydroxylation is 2. The van der Waals surface area contributed by atoms with Crippen molar-refractivity contribution in [3.63, 3.8) is 0 Å². The molecule has 168 valence electrons. The van der Waals surface area contributed by atoms with Crippen molar-refractivity contribution in [1.82, 2.24) is 4.98 Å². The van der Waals surface area contributed by atoms with E-state index in [1.54, 1.807) is 70.2 Å². The van der Waals surface area contributed by atoms with Gasteiger partial charge in [0.1, 0.15) is 5.00 Å². The van der Waals surface area contributed by atoms with E-state index in [2.05, 4.69) is 21.7 Å². The van der Waals surface area contributed by atoms with Gasteiger partial charge in [-0.2, -0.15) is 5.26 Å². The van der Waals surface area contributed by atoms with Crippen LogP contribution in [0.4, 0.5) is 10.7 Å². The Balaban J connectivity index is 1.81. The molecule has 3 rings (SSSR count). The minimum atomic E-state index is -0.728. The van der Waals surface area contributed by atoms with Crippen LogP contribution >= 0.6 is 11.3 Å². The zero-order valence-electron chi connectivity index (χ0n) is 18.6. The van der Waals surface area contributed by atoms with Crippen LogP contribution in [0, 0.1) is 25.2 Å². The fourth-order valence-electron chi connectivity index (χ4n) is 3.05. The van der Waals surface area contributed by atoms with Gasteiger partial charge in [-0.25, -0.2) is 4.98 Å². The Hall–Kier alpha value is -4.03. The Morgan fingerprint density at radius 3 is 2.42 bits per heavy atom. The molecule has 0 aliphatic heterocycles. The van der Waals surface area contributed by atoms with E-state index < -0.39 is 17.2 Å². The first-order chi connectivity index (χ1) is 15.5. The molecule has 0 fully saturated rings. The van der Waals surface area contributed by atoms with Gasteiger partial charge in [-0.15, -0.1) is 0 Å². The number of carbonyl (C=O) groups excluding carboxylic acids is 3. The standard InChI is InChI=1S/C24H23N5O3S/c1-13-8-9-17(28-20(31)15-6-5-7-16(10-15)24(3,4)12-25)11-18(13)21(32)29-22-14(2)27-23(33-22)19(26)30/h5-11H,1-4H3,(H2,26,30)(H,28,31)(H,29,32). The predicted octanol–water partition coefficient (Wildman–Crippen LogP) is 4.16. The molecule has 9 heteroatoms. The molecule has 0 saturated carbocycles. The normalized spacial score (nSPS) is 10.9. The molecular weight excluding hydrogens is 438 g/mol. The van der Waals surface area contributed by atoms with Gasteiger partial charge in [0.15, 0.2) is 5.01 Å². The van der Waals surface area contributed by atoms with Crippen molar-refractivity contribution in [2.45, 2.75) is 33.1 Å². The van der Waals surface area contributed by atoms with Gasteiger partial charge in [0.25, 0.3) is 17.7 Å². The molecule has 3 amide bonds. The van der Waals surface area contributed by atoms with Crippen molar-refractivity contribution in [3.05, 3.63) is 75.4 Å². The molecule has 0 unspecified atom stereocenters. The van der Waals surface area contributed by atoms with Crippen LogP contribution in [0.1, 0.15) is 61.2 Å². The molecule has 0 saturated heterocycles. The number of hydrogen-bond acceptors (Lipinski definition) is 6. The molecule has 1 aromatic heterocycles. The molecule has 4 N–H and O–H groups in total. The minimum Gasteiger partial charge on any atom is -0.364 e. The molecule has 1 heterocycles. The lowest BCUT2D eigenvalue weighted by atomic mass is 9.85. The Bertz CT molecular complexity index is 1300. The maximum absolute atomic E-state index is 12.9. The van der Waals surface area contributed by atoms with Crippen molar-refractivity contribution in [3.8, 4) is 6.07 Å². The number of nitrogens with one attached hydrogen (secondary N) is 2. The van der Waals surface area contributed by atoms with Crippen LogP contribution in [0.25, 0.3) is 0 Å². The zero-order chi connectivity index (χ0) is 24.3. The smallest absolute Gasteiger partial charge is 0.277 e. The van der Waals surface area contributed by atoms with Crippen molar-refractivity contribution in [1.29, 1.82) is 5.26 Å².